The summed E-state index contributed by atoms with van der Waals surface area (Å²) in [4.78, 5) is 31.6. The first-order valence-electron chi connectivity index (χ1n) is 10.1. The number of aromatic nitrogens is 3. The summed E-state index contributed by atoms with van der Waals surface area (Å²) >= 11 is 0. The molecule has 0 saturated heterocycles. The number of halogens is 3. The Balaban J connectivity index is 0.00000306. The Bertz CT molecular complexity index is 1220. The second kappa shape index (κ2) is 9.01. The molecule has 1 aliphatic heterocycles. The molecule has 1 aromatic carbocycles. The van der Waals surface area contributed by atoms with Crippen LogP contribution in [0, 0.1) is 13.8 Å². The van der Waals surface area contributed by atoms with E-state index >= 15 is 0 Å². The highest BCUT2D eigenvalue weighted by atomic mass is 32.1. The van der Waals surface area contributed by atoms with Crippen LogP contribution >= 0.6 is 13.5 Å². The highest BCUT2D eigenvalue weighted by molar-refractivity contribution is 7.59. The number of fused-ring (bicyclic) bond motifs is 1. The van der Waals surface area contributed by atoms with E-state index in [9.17, 15) is 22.8 Å². The minimum Gasteiger partial charge on any atom is -0.305 e. The van der Waals surface area contributed by atoms with Crippen LogP contribution in [0.25, 0.3) is 0 Å². The van der Waals surface area contributed by atoms with Crippen LogP contribution in [0.4, 0.5) is 18.9 Å². The molecule has 0 aliphatic carbocycles. The average Bonchev–Trinajstić information content (AvgIpc) is 3.14. The zero-order chi connectivity index (χ0) is 23.2. The molecule has 0 saturated carbocycles. The predicted molar refractivity (Wildman–Crippen MR) is 122 cm³/mol. The summed E-state index contributed by atoms with van der Waals surface area (Å²) in [6.07, 6.45) is 0.117. The van der Waals surface area contributed by atoms with E-state index in [1.165, 1.54) is 36.4 Å². The molecule has 0 unspecified atom stereocenters. The Morgan fingerprint density at radius 1 is 1.15 bits per heavy atom. The fourth-order valence-corrected chi connectivity index (χ4v) is 4.03. The summed E-state index contributed by atoms with van der Waals surface area (Å²) < 4.78 is 41.0. The summed E-state index contributed by atoms with van der Waals surface area (Å²) in [5.74, 6) is -0.584. The first-order chi connectivity index (χ1) is 15.1. The zero-order valence-corrected chi connectivity index (χ0v) is 19.3. The fourth-order valence-electron chi connectivity index (χ4n) is 4.03. The predicted octanol–water partition coefficient (Wildman–Crippen LogP) is 4.67. The van der Waals surface area contributed by atoms with Crippen molar-refractivity contribution in [3.63, 3.8) is 0 Å². The van der Waals surface area contributed by atoms with Crippen molar-refractivity contribution >= 4 is 30.9 Å². The highest BCUT2D eigenvalue weighted by Gasteiger charge is 2.36. The lowest BCUT2D eigenvalue weighted by atomic mass is 10.00. The highest BCUT2D eigenvalue weighted by Crippen LogP contribution is 2.35. The second-order valence-corrected chi connectivity index (χ2v) is 8.02. The van der Waals surface area contributed by atoms with Gasteiger partial charge in [0.15, 0.2) is 5.78 Å². The maximum absolute atomic E-state index is 13.3. The van der Waals surface area contributed by atoms with Gasteiger partial charge in [-0.25, -0.2) is 0 Å². The molecule has 3 aromatic rings. The SMILES string of the molecule is Cc1ccncc1C(=O)Cc1cnn2c1C(=O)N(c1ccc(C(F)(F)F)c(C)c1)C[C@@H]2C.S. The molecular formula is C23H23F3N4O2S. The molecule has 174 valence electrons. The summed E-state index contributed by atoms with van der Waals surface area (Å²) in [6.45, 7) is 5.30. The van der Waals surface area contributed by atoms with E-state index < -0.39 is 17.6 Å². The van der Waals surface area contributed by atoms with Crippen molar-refractivity contribution in [2.75, 3.05) is 11.4 Å². The van der Waals surface area contributed by atoms with Crippen LogP contribution in [0.2, 0.25) is 0 Å². The third-order valence-electron chi connectivity index (χ3n) is 5.70. The number of amides is 1. The number of benzene rings is 1. The fraction of sp³-hybridized carbons (Fsp3) is 0.304. The standard InChI is InChI=1S/C23H21F3N4O2.H2S/c1-13-6-7-27-11-18(13)20(31)9-16-10-28-30-15(3)12-29(22(32)21(16)30)17-4-5-19(14(2)8-17)23(24,25)26;/h4-8,10-11,15H,9,12H2,1-3H3;1H2/t15-;/m0./s1. The molecule has 10 heteroatoms. The van der Waals surface area contributed by atoms with Crippen molar-refractivity contribution in [1.29, 1.82) is 0 Å². The van der Waals surface area contributed by atoms with E-state index in [2.05, 4.69) is 10.1 Å². The molecule has 3 heterocycles. The van der Waals surface area contributed by atoms with E-state index in [1.807, 2.05) is 13.8 Å². The Labute approximate surface area is 195 Å². The van der Waals surface area contributed by atoms with Gasteiger partial charge in [0.1, 0.15) is 5.69 Å². The molecule has 0 fully saturated rings. The second-order valence-electron chi connectivity index (χ2n) is 8.02. The molecule has 6 nitrogen and oxygen atoms in total. The lowest BCUT2D eigenvalue weighted by Crippen LogP contribution is -2.43. The van der Waals surface area contributed by atoms with E-state index in [0.717, 1.165) is 11.6 Å². The summed E-state index contributed by atoms with van der Waals surface area (Å²) in [5, 5.41) is 4.30. The van der Waals surface area contributed by atoms with Gasteiger partial charge < -0.3 is 4.90 Å². The van der Waals surface area contributed by atoms with Crippen molar-refractivity contribution < 1.29 is 22.8 Å². The van der Waals surface area contributed by atoms with Gasteiger partial charge in [0.2, 0.25) is 0 Å². The first kappa shape index (κ1) is 24.5. The van der Waals surface area contributed by atoms with Gasteiger partial charge in [-0.3, -0.25) is 19.3 Å². The number of nitrogens with zero attached hydrogens (tertiary/aromatic N) is 4. The molecule has 0 radical (unpaired) electrons. The van der Waals surface area contributed by atoms with Crippen molar-refractivity contribution in [1.82, 2.24) is 14.8 Å². The number of hydrogen-bond acceptors (Lipinski definition) is 4. The van der Waals surface area contributed by atoms with Crippen LogP contribution in [-0.2, 0) is 12.6 Å². The third kappa shape index (κ3) is 4.52. The average molecular weight is 477 g/mol. The quantitative estimate of drug-likeness (QED) is 0.513. The zero-order valence-electron chi connectivity index (χ0n) is 18.3. The number of rotatable bonds is 4. The van der Waals surface area contributed by atoms with Gasteiger partial charge in [-0.2, -0.15) is 31.8 Å². The van der Waals surface area contributed by atoms with Crippen molar-refractivity contribution in [2.24, 2.45) is 0 Å². The third-order valence-corrected chi connectivity index (χ3v) is 5.70. The number of aryl methyl sites for hydroxylation is 2. The van der Waals surface area contributed by atoms with Crippen LogP contribution < -0.4 is 4.90 Å². The maximum Gasteiger partial charge on any atom is 0.416 e. The monoisotopic (exact) mass is 476 g/mol. The van der Waals surface area contributed by atoms with Gasteiger partial charge >= 0.3 is 6.18 Å². The Hall–Kier alpha value is -3.14. The molecule has 33 heavy (non-hydrogen) atoms. The normalized spacial score (nSPS) is 15.8. The number of hydrogen-bond donors (Lipinski definition) is 0. The van der Waals surface area contributed by atoms with Gasteiger partial charge in [0, 0.05) is 42.2 Å². The van der Waals surface area contributed by atoms with Gasteiger partial charge in [-0.15, -0.1) is 0 Å². The number of pyridine rings is 1. The van der Waals surface area contributed by atoms with Gasteiger partial charge in [0.25, 0.3) is 5.91 Å². The van der Waals surface area contributed by atoms with Crippen LogP contribution in [0.15, 0.2) is 42.9 Å². The Morgan fingerprint density at radius 2 is 1.88 bits per heavy atom. The van der Waals surface area contributed by atoms with E-state index in [0.29, 0.717) is 16.8 Å². The van der Waals surface area contributed by atoms with Gasteiger partial charge in [-0.1, -0.05) is 0 Å². The summed E-state index contributed by atoms with van der Waals surface area (Å²) in [6, 6.07) is 5.18. The molecule has 1 amide bonds. The maximum atomic E-state index is 13.3. The smallest absolute Gasteiger partial charge is 0.305 e. The number of ketones is 1. The van der Waals surface area contributed by atoms with Crippen molar-refractivity contribution in [2.45, 2.75) is 39.4 Å². The topological polar surface area (TPSA) is 68.1 Å². The van der Waals surface area contributed by atoms with Crippen molar-refractivity contribution in [3.05, 3.63) is 76.4 Å². The van der Waals surface area contributed by atoms with Gasteiger partial charge in [-0.05, 0) is 56.2 Å². The molecule has 0 N–H and O–H groups in total. The lowest BCUT2D eigenvalue weighted by Gasteiger charge is -2.32. The number of Topliss-reactive ketones (excluding diaryl/α,β-unsaturated/α-hetero) is 1. The minimum absolute atomic E-state index is 0. The molecule has 1 aliphatic rings. The molecular weight excluding hydrogens is 453 g/mol. The van der Waals surface area contributed by atoms with Crippen LogP contribution in [-0.4, -0.2) is 33.0 Å². The van der Waals surface area contributed by atoms with E-state index in [4.69, 9.17) is 0 Å². The number of anilines is 1. The Morgan fingerprint density at radius 3 is 2.52 bits per heavy atom. The molecule has 4 rings (SSSR count). The minimum atomic E-state index is -4.46. The number of carbonyl (C=O) groups is 2. The van der Waals surface area contributed by atoms with Crippen molar-refractivity contribution in [3.8, 4) is 0 Å². The Kier molecular flexibility index (Phi) is 6.69. The van der Waals surface area contributed by atoms with Gasteiger partial charge in [0.05, 0.1) is 17.8 Å². The van der Waals surface area contributed by atoms with Crippen LogP contribution in [0.5, 0.6) is 0 Å². The largest absolute Gasteiger partial charge is 0.416 e. The summed E-state index contributed by atoms with van der Waals surface area (Å²) in [7, 11) is 0. The summed E-state index contributed by atoms with van der Waals surface area (Å²) in [5.41, 5.74) is 1.69. The lowest BCUT2D eigenvalue weighted by molar-refractivity contribution is -0.138. The van der Waals surface area contributed by atoms with Crippen LogP contribution in [0.3, 0.4) is 0 Å². The molecule has 0 bridgehead atoms. The molecule has 2 aromatic heterocycles. The first-order valence-corrected chi connectivity index (χ1v) is 10.1. The van der Waals surface area contributed by atoms with Crippen LogP contribution in [0.1, 0.15) is 56.1 Å². The van der Waals surface area contributed by atoms with E-state index in [1.54, 1.807) is 16.9 Å². The number of carbonyl (C=O) groups excluding carboxylic acids is 2. The van der Waals surface area contributed by atoms with E-state index in [-0.39, 0.29) is 49.5 Å². The molecule has 0 spiro atoms. The molecule has 1 atom stereocenters. The number of alkyl halides is 3.